The van der Waals surface area contributed by atoms with E-state index in [9.17, 15) is 4.57 Å². The number of methoxy groups -OCH3 is 2. The molecule has 0 saturated heterocycles. The molecule has 0 aliphatic rings. The van der Waals surface area contributed by atoms with Crippen LogP contribution in [0.5, 0.6) is 0 Å². The van der Waals surface area contributed by atoms with E-state index in [2.05, 4.69) is 0 Å². The highest BCUT2D eigenvalue weighted by Crippen LogP contribution is 2.38. The molecule has 6 heteroatoms. The summed E-state index contributed by atoms with van der Waals surface area (Å²) in [5, 5.41) is 0. The maximum absolute atomic E-state index is 10.8. The monoisotopic (exact) mass is 214 g/mol. The van der Waals surface area contributed by atoms with Gasteiger partial charge in [0.2, 0.25) is 0 Å². The Bertz CT molecular complexity index is 149. The molecule has 0 heterocycles. The highest BCUT2D eigenvalue weighted by atomic mass is 31.2. The van der Waals surface area contributed by atoms with Gasteiger partial charge in [0, 0.05) is 20.9 Å². The summed E-state index contributed by atoms with van der Waals surface area (Å²) in [4.78, 5) is 8.86. The van der Waals surface area contributed by atoms with Gasteiger partial charge in [-0.3, -0.25) is 4.57 Å². The average Bonchev–Trinajstić information content (AvgIpc) is 1.84. The van der Waals surface area contributed by atoms with Crippen molar-refractivity contribution in [3.63, 3.8) is 0 Å². The van der Waals surface area contributed by atoms with Crippen LogP contribution in [0, 0.1) is 0 Å². The quantitative estimate of drug-likeness (QED) is 0.671. The molecular weight excluding hydrogens is 195 g/mol. The van der Waals surface area contributed by atoms with Gasteiger partial charge in [0.25, 0.3) is 0 Å². The van der Waals surface area contributed by atoms with Crippen LogP contribution in [0.15, 0.2) is 0 Å². The molecule has 0 aromatic carbocycles. The van der Waals surface area contributed by atoms with Crippen LogP contribution in [0.1, 0.15) is 7.43 Å². The maximum Gasteiger partial charge on any atom is 0.325 e. The Morgan fingerprint density at radius 3 is 1.92 bits per heavy atom. The summed E-state index contributed by atoms with van der Waals surface area (Å²) < 4.78 is 25.1. The molecule has 0 aromatic rings. The first-order valence-corrected chi connectivity index (χ1v) is 5.48. The molecule has 0 aromatic heterocycles. The van der Waals surface area contributed by atoms with Crippen molar-refractivity contribution in [3.8, 4) is 0 Å². The molecule has 0 aliphatic carbocycles. The number of hydrogen-bond donors (Lipinski definition) is 1. The zero-order valence-electron chi connectivity index (χ0n) is 7.52. The summed E-state index contributed by atoms with van der Waals surface area (Å²) >= 11 is 0. The topological polar surface area (TPSA) is 65.0 Å². The molecule has 5 nitrogen and oxygen atoms in total. The van der Waals surface area contributed by atoms with Crippen molar-refractivity contribution in [2.24, 2.45) is 0 Å². The zero-order valence-corrected chi connectivity index (χ0v) is 8.41. The Morgan fingerprint density at radius 2 is 1.69 bits per heavy atom. The van der Waals surface area contributed by atoms with Crippen LogP contribution in [0.3, 0.4) is 0 Å². The van der Waals surface area contributed by atoms with Crippen molar-refractivity contribution in [1.82, 2.24) is 0 Å². The smallest absolute Gasteiger partial charge is 0.325 e. The normalized spacial score (nSPS) is 15.2. The van der Waals surface area contributed by atoms with Crippen molar-refractivity contribution >= 4 is 7.60 Å². The molecule has 0 fully saturated rings. The van der Waals surface area contributed by atoms with Crippen LogP contribution in [0.2, 0.25) is 0 Å². The van der Waals surface area contributed by atoms with Gasteiger partial charge in [-0.05, 0) is 0 Å². The lowest BCUT2D eigenvalue weighted by molar-refractivity contribution is 0.0196. The molecule has 13 heavy (non-hydrogen) atoms. The van der Waals surface area contributed by atoms with E-state index in [1.54, 1.807) is 0 Å². The molecule has 0 bridgehead atoms. The van der Waals surface area contributed by atoms with Gasteiger partial charge in [0.05, 0.1) is 13.2 Å². The van der Waals surface area contributed by atoms with E-state index < -0.39 is 13.7 Å². The fourth-order valence-corrected chi connectivity index (χ4v) is 1.43. The van der Waals surface area contributed by atoms with Crippen LogP contribution in [0.4, 0.5) is 0 Å². The van der Waals surface area contributed by atoms with E-state index >= 15 is 0 Å². The Kier molecular flexibility index (Phi) is 8.93. The molecule has 1 unspecified atom stereocenters. The van der Waals surface area contributed by atoms with Gasteiger partial charge in [-0.2, -0.15) is 0 Å². The predicted octanol–water partition coefficient (Wildman–Crippen LogP) is 1.12. The van der Waals surface area contributed by atoms with Gasteiger partial charge >= 0.3 is 7.60 Å². The first kappa shape index (κ1) is 15.5. The Morgan fingerprint density at radius 1 is 1.31 bits per heavy atom. The van der Waals surface area contributed by atoms with Crippen LogP contribution >= 0.6 is 7.60 Å². The van der Waals surface area contributed by atoms with Crippen molar-refractivity contribution in [3.05, 3.63) is 0 Å². The molecule has 0 rings (SSSR count). The minimum Gasteiger partial charge on any atom is -0.382 e. The maximum atomic E-state index is 10.8. The van der Waals surface area contributed by atoms with Gasteiger partial charge in [-0.15, -0.1) is 0 Å². The van der Waals surface area contributed by atoms with E-state index in [1.165, 1.54) is 14.2 Å². The fourth-order valence-electron chi connectivity index (χ4n) is 0.757. The summed E-state index contributed by atoms with van der Waals surface area (Å²) in [6.07, 6.45) is -0.485. The lowest BCUT2D eigenvalue weighted by Gasteiger charge is -2.17. The second kappa shape index (κ2) is 7.47. The van der Waals surface area contributed by atoms with Crippen LogP contribution in [0.25, 0.3) is 0 Å². The highest BCUT2D eigenvalue weighted by Gasteiger charge is 2.18. The average molecular weight is 214 g/mol. The van der Waals surface area contributed by atoms with Crippen molar-refractivity contribution in [2.45, 2.75) is 13.5 Å². The number of ether oxygens (including phenoxy) is 2. The van der Waals surface area contributed by atoms with Gasteiger partial charge in [0.15, 0.2) is 0 Å². The third-order valence-corrected chi connectivity index (χ3v) is 1.74. The second-order valence-electron chi connectivity index (χ2n) is 2.44. The van der Waals surface area contributed by atoms with Crippen molar-refractivity contribution in [2.75, 3.05) is 34.1 Å². The molecule has 0 radical (unpaired) electrons. The Hall–Kier alpha value is 0.0700. The number of rotatable bonds is 6. The van der Waals surface area contributed by atoms with E-state index in [4.69, 9.17) is 18.9 Å². The minimum atomic E-state index is -3.44. The van der Waals surface area contributed by atoms with E-state index in [1.807, 2.05) is 0 Å². The molecular formula is C7H19O5P. The zero-order chi connectivity index (χ0) is 9.61. The van der Waals surface area contributed by atoms with E-state index in [0.717, 1.165) is 6.66 Å². The van der Waals surface area contributed by atoms with Gasteiger partial charge in [0.1, 0.15) is 6.10 Å². The molecule has 1 atom stereocenters. The lowest BCUT2D eigenvalue weighted by atomic mass is 10.4. The van der Waals surface area contributed by atoms with Crippen molar-refractivity contribution < 1.29 is 23.5 Å². The first-order chi connectivity index (χ1) is 5.49. The minimum absolute atomic E-state index is 0. The van der Waals surface area contributed by atoms with Gasteiger partial charge in [-0.25, -0.2) is 0 Å². The van der Waals surface area contributed by atoms with E-state index in [0.29, 0.717) is 0 Å². The molecule has 1 N–H and O–H groups in total. The van der Waals surface area contributed by atoms with Crippen LogP contribution in [-0.4, -0.2) is 45.1 Å². The predicted molar refractivity (Wildman–Crippen MR) is 51.1 cm³/mol. The summed E-state index contributed by atoms with van der Waals surface area (Å²) in [7, 11) is -0.461. The Labute approximate surface area is 79.5 Å². The van der Waals surface area contributed by atoms with Gasteiger partial charge in [-0.1, -0.05) is 7.43 Å². The first-order valence-electron chi connectivity index (χ1n) is 3.46. The van der Waals surface area contributed by atoms with Crippen LogP contribution < -0.4 is 0 Å². The third kappa shape index (κ3) is 9.99. The third-order valence-electron chi connectivity index (χ3n) is 1.05. The van der Waals surface area contributed by atoms with E-state index in [-0.39, 0.29) is 20.6 Å². The summed E-state index contributed by atoms with van der Waals surface area (Å²) in [6, 6.07) is 0. The van der Waals surface area contributed by atoms with Crippen LogP contribution in [-0.2, 0) is 18.6 Å². The second-order valence-corrected chi connectivity index (χ2v) is 4.26. The molecule has 82 valence electrons. The highest BCUT2D eigenvalue weighted by molar-refractivity contribution is 7.51. The largest absolute Gasteiger partial charge is 0.382 e. The molecule has 0 saturated carbocycles. The fraction of sp³-hybridized carbons (Fsp3) is 1.00. The summed E-state index contributed by atoms with van der Waals surface area (Å²) in [6.45, 7) is 1.61. The SMILES string of the molecule is C.COCC(COC)OP(C)(=O)O. The van der Waals surface area contributed by atoms with Crippen molar-refractivity contribution in [1.29, 1.82) is 0 Å². The standard InChI is InChI=1S/C6H15O5P.CH4/c1-9-4-6(5-10-2)11-12(3,7)8;/h6H,4-5H2,1-3H3,(H,7,8);1H4. The Balaban J connectivity index is 0. The molecule has 0 aliphatic heterocycles. The van der Waals surface area contributed by atoms with Gasteiger partial charge < -0.3 is 18.9 Å². The summed E-state index contributed by atoms with van der Waals surface area (Å²) in [5.74, 6) is 0. The lowest BCUT2D eigenvalue weighted by Crippen LogP contribution is -2.23. The molecule has 0 spiro atoms. The molecule has 0 amide bonds. The number of hydrogen-bond acceptors (Lipinski definition) is 4. The summed E-state index contributed by atoms with van der Waals surface area (Å²) in [5.41, 5.74) is 0.